The summed E-state index contributed by atoms with van der Waals surface area (Å²) >= 11 is 0. The van der Waals surface area contributed by atoms with Crippen LogP contribution in [0.2, 0.25) is 0 Å². The third-order valence-corrected chi connectivity index (χ3v) is 3.09. The molecule has 0 aliphatic carbocycles. The van der Waals surface area contributed by atoms with Crippen LogP contribution in [0.15, 0.2) is 18.2 Å². The fourth-order valence-electron chi connectivity index (χ4n) is 2.05. The first-order valence-corrected chi connectivity index (χ1v) is 6.14. The Labute approximate surface area is 112 Å². The molecular formula is C14H19N3O2. The Bertz CT molecular complexity index is 597. The molecular weight excluding hydrogens is 242 g/mol. The number of rotatable bonds is 4. The molecule has 3 N–H and O–H groups in total. The van der Waals surface area contributed by atoms with E-state index in [1.54, 1.807) is 14.2 Å². The van der Waals surface area contributed by atoms with Crippen molar-refractivity contribution in [1.29, 1.82) is 0 Å². The van der Waals surface area contributed by atoms with E-state index in [0.29, 0.717) is 17.4 Å². The number of hydrogen-bond acceptors (Lipinski definition) is 5. The van der Waals surface area contributed by atoms with Gasteiger partial charge in [0.15, 0.2) is 0 Å². The summed E-state index contributed by atoms with van der Waals surface area (Å²) in [6.07, 6.45) is 0. The predicted octanol–water partition coefficient (Wildman–Crippen LogP) is 2.66. The highest BCUT2D eigenvalue weighted by molar-refractivity contribution is 5.99. The molecule has 0 fully saturated rings. The number of anilines is 1. The van der Waals surface area contributed by atoms with Gasteiger partial charge in [-0.3, -0.25) is 5.84 Å². The van der Waals surface area contributed by atoms with E-state index in [1.807, 2.05) is 18.2 Å². The summed E-state index contributed by atoms with van der Waals surface area (Å²) in [5, 5.41) is 0.828. The average Bonchev–Trinajstić information content (AvgIpc) is 2.44. The van der Waals surface area contributed by atoms with E-state index < -0.39 is 0 Å². The van der Waals surface area contributed by atoms with Crippen molar-refractivity contribution >= 4 is 16.6 Å². The van der Waals surface area contributed by atoms with Crippen molar-refractivity contribution in [1.82, 2.24) is 4.98 Å². The third kappa shape index (κ3) is 2.29. The van der Waals surface area contributed by atoms with Crippen molar-refractivity contribution in [2.45, 2.75) is 19.8 Å². The molecule has 0 aliphatic heterocycles. The van der Waals surface area contributed by atoms with Gasteiger partial charge in [-0.15, -0.1) is 0 Å². The monoisotopic (exact) mass is 261 g/mol. The lowest BCUT2D eigenvalue weighted by molar-refractivity contribution is 0.409. The van der Waals surface area contributed by atoms with Crippen LogP contribution >= 0.6 is 0 Å². The summed E-state index contributed by atoms with van der Waals surface area (Å²) in [6.45, 7) is 4.17. The van der Waals surface area contributed by atoms with Gasteiger partial charge in [-0.1, -0.05) is 13.8 Å². The van der Waals surface area contributed by atoms with Gasteiger partial charge in [-0.25, -0.2) is 4.98 Å². The van der Waals surface area contributed by atoms with Crippen LogP contribution < -0.4 is 20.7 Å². The molecule has 0 saturated carbocycles. The van der Waals surface area contributed by atoms with E-state index in [9.17, 15) is 0 Å². The normalized spacial score (nSPS) is 10.8. The molecule has 5 heteroatoms. The minimum atomic E-state index is 0.299. The molecule has 1 aromatic carbocycles. The predicted molar refractivity (Wildman–Crippen MR) is 76.7 cm³/mol. The molecule has 1 aromatic heterocycles. The van der Waals surface area contributed by atoms with E-state index in [2.05, 4.69) is 24.3 Å². The second-order valence-electron chi connectivity index (χ2n) is 4.59. The van der Waals surface area contributed by atoms with Crippen LogP contribution in [-0.2, 0) is 0 Å². The summed E-state index contributed by atoms with van der Waals surface area (Å²) in [7, 11) is 3.25. The first-order valence-electron chi connectivity index (χ1n) is 6.14. The van der Waals surface area contributed by atoms with Gasteiger partial charge in [-0.05, 0) is 24.1 Å². The van der Waals surface area contributed by atoms with Crippen LogP contribution in [0.5, 0.6) is 11.5 Å². The number of methoxy groups -OCH3 is 2. The molecule has 2 aromatic rings. The third-order valence-electron chi connectivity index (χ3n) is 3.09. The molecule has 5 nitrogen and oxygen atoms in total. The number of pyridine rings is 1. The minimum absolute atomic E-state index is 0.299. The topological polar surface area (TPSA) is 69.4 Å². The van der Waals surface area contributed by atoms with Gasteiger partial charge in [0, 0.05) is 5.69 Å². The van der Waals surface area contributed by atoms with Gasteiger partial charge in [0.1, 0.15) is 17.0 Å². The molecule has 0 bridgehead atoms. The highest BCUT2D eigenvalue weighted by Gasteiger charge is 2.15. The maximum atomic E-state index is 5.63. The van der Waals surface area contributed by atoms with Crippen LogP contribution in [0.3, 0.4) is 0 Å². The van der Waals surface area contributed by atoms with Crippen molar-refractivity contribution in [2.75, 3.05) is 19.6 Å². The van der Waals surface area contributed by atoms with Gasteiger partial charge < -0.3 is 14.9 Å². The lowest BCUT2D eigenvalue weighted by Gasteiger charge is -2.15. The van der Waals surface area contributed by atoms with Crippen molar-refractivity contribution < 1.29 is 9.47 Å². The first kappa shape index (κ1) is 13.4. The molecule has 0 aliphatic rings. The van der Waals surface area contributed by atoms with Crippen molar-refractivity contribution in [2.24, 2.45) is 5.84 Å². The average molecular weight is 261 g/mol. The first-order chi connectivity index (χ1) is 9.12. The molecule has 19 heavy (non-hydrogen) atoms. The molecule has 0 radical (unpaired) electrons. The largest absolute Gasteiger partial charge is 0.496 e. The van der Waals surface area contributed by atoms with E-state index in [0.717, 1.165) is 22.3 Å². The van der Waals surface area contributed by atoms with E-state index in [1.165, 1.54) is 0 Å². The number of fused-ring (bicyclic) bond motifs is 1. The van der Waals surface area contributed by atoms with Gasteiger partial charge >= 0.3 is 0 Å². The van der Waals surface area contributed by atoms with Crippen LogP contribution in [0.25, 0.3) is 10.9 Å². The van der Waals surface area contributed by atoms with Crippen LogP contribution in [0.1, 0.15) is 25.5 Å². The second kappa shape index (κ2) is 5.32. The van der Waals surface area contributed by atoms with Crippen LogP contribution in [0, 0.1) is 0 Å². The molecule has 0 amide bonds. The van der Waals surface area contributed by atoms with E-state index in [4.69, 9.17) is 15.3 Å². The number of hydrogen-bond donors (Lipinski definition) is 2. The van der Waals surface area contributed by atoms with Gasteiger partial charge in [0.2, 0.25) is 0 Å². The number of nitrogens with one attached hydrogen (secondary N) is 1. The summed E-state index contributed by atoms with van der Waals surface area (Å²) in [5.74, 6) is 7.34. The molecule has 0 atom stereocenters. The lowest BCUT2D eigenvalue weighted by Crippen LogP contribution is -2.09. The van der Waals surface area contributed by atoms with Gasteiger partial charge in [0.25, 0.3) is 0 Å². The Balaban J connectivity index is 2.86. The summed E-state index contributed by atoms with van der Waals surface area (Å²) in [4.78, 5) is 4.66. The number of aromatic nitrogens is 1. The molecule has 102 valence electrons. The fourth-order valence-corrected chi connectivity index (χ4v) is 2.05. The Morgan fingerprint density at radius 2 is 1.79 bits per heavy atom. The number of ether oxygens (including phenoxy) is 2. The van der Waals surface area contributed by atoms with E-state index >= 15 is 0 Å². The Kier molecular flexibility index (Phi) is 3.76. The second-order valence-corrected chi connectivity index (χ2v) is 4.59. The number of nitrogens with two attached hydrogens (primary N) is 1. The Hall–Kier alpha value is -2.01. The Morgan fingerprint density at radius 1 is 1.16 bits per heavy atom. The van der Waals surface area contributed by atoms with Gasteiger partial charge in [-0.2, -0.15) is 0 Å². The molecule has 0 spiro atoms. The summed E-state index contributed by atoms with van der Waals surface area (Å²) in [6, 6.07) is 5.63. The molecule has 2 rings (SSSR count). The number of nitrogen functional groups attached to an aromatic ring is 1. The zero-order valence-corrected chi connectivity index (χ0v) is 11.7. The smallest absolute Gasteiger partial charge is 0.145 e. The summed E-state index contributed by atoms with van der Waals surface area (Å²) < 4.78 is 10.8. The van der Waals surface area contributed by atoms with Crippen LogP contribution in [0.4, 0.5) is 5.69 Å². The maximum absolute atomic E-state index is 5.63. The fraction of sp³-hybridized carbons (Fsp3) is 0.357. The van der Waals surface area contributed by atoms with Crippen molar-refractivity contribution in [3.63, 3.8) is 0 Å². The van der Waals surface area contributed by atoms with Crippen molar-refractivity contribution in [3.05, 3.63) is 23.9 Å². The standard InChI is InChI=1S/C14H19N3O2/c1-8(2)9-7-10(17-15)13-11(18-3)5-6-12(19-4)14(13)16-9/h5-8H,15H2,1-4H3,(H,16,17). The lowest BCUT2D eigenvalue weighted by atomic mass is 10.1. The SMILES string of the molecule is COc1ccc(OC)c2c(NN)cc(C(C)C)nc12. The summed E-state index contributed by atoms with van der Waals surface area (Å²) in [5.41, 5.74) is 5.20. The highest BCUT2D eigenvalue weighted by Crippen LogP contribution is 2.37. The zero-order valence-electron chi connectivity index (χ0n) is 11.7. The highest BCUT2D eigenvalue weighted by atomic mass is 16.5. The van der Waals surface area contributed by atoms with E-state index in [-0.39, 0.29) is 0 Å². The van der Waals surface area contributed by atoms with Crippen molar-refractivity contribution in [3.8, 4) is 11.5 Å². The molecule has 0 unspecified atom stereocenters. The molecule has 1 heterocycles. The number of benzene rings is 1. The molecule has 0 saturated heterocycles. The Morgan fingerprint density at radius 3 is 2.32 bits per heavy atom. The minimum Gasteiger partial charge on any atom is -0.496 e. The van der Waals surface area contributed by atoms with Crippen LogP contribution in [-0.4, -0.2) is 19.2 Å². The number of hydrazine groups is 1. The number of nitrogens with zero attached hydrogens (tertiary/aromatic N) is 1. The van der Waals surface area contributed by atoms with Gasteiger partial charge in [0.05, 0.1) is 25.3 Å². The maximum Gasteiger partial charge on any atom is 0.145 e. The quantitative estimate of drug-likeness (QED) is 0.654. The zero-order chi connectivity index (χ0) is 14.0.